The highest BCUT2D eigenvalue weighted by Gasteiger charge is 2.41. The van der Waals surface area contributed by atoms with Crippen LogP contribution in [0.2, 0.25) is 5.02 Å². The Hall–Kier alpha value is -3.36. The molecule has 15 heteroatoms. The molecule has 3 saturated heterocycles. The number of alkyl halides is 3. The molecule has 45 heavy (non-hydrogen) atoms. The molecule has 3 fully saturated rings. The van der Waals surface area contributed by atoms with Crippen LogP contribution in [-0.2, 0) is 6.18 Å². The van der Waals surface area contributed by atoms with Gasteiger partial charge in [-0.1, -0.05) is 18.5 Å². The molecule has 242 valence electrons. The number of piperidine rings is 1. The lowest BCUT2D eigenvalue weighted by atomic mass is 9.78. The van der Waals surface area contributed by atoms with Crippen LogP contribution < -0.4 is 20.7 Å². The van der Waals surface area contributed by atoms with E-state index in [0.29, 0.717) is 50.6 Å². The minimum atomic E-state index is -5.29. The lowest BCUT2D eigenvalue weighted by Gasteiger charge is -2.40. The number of benzene rings is 2. The Morgan fingerprint density at radius 2 is 1.80 bits per heavy atom. The Morgan fingerprint density at radius 1 is 1.11 bits per heavy atom. The molecule has 3 aromatic rings. The van der Waals surface area contributed by atoms with Crippen molar-refractivity contribution in [2.75, 3.05) is 50.5 Å². The highest BCUT2D eigenvalue weighted by atomic mass is 35.5. The van der Waals surface area contributed by atoms with E-state index in [1.54, 1.807) is 6.92 Å². The molecule has 1 aromatic heterocycles. The molecule has 3 aliphatic rings. The first-order chi connectivity index (χ1) is 21.2. The normalized spacial score (nSPS) is 25.0. The Bertz CT molecular complexity index is 1690. The molecule has 3 atom stereocenters. The van der Waals surface area contributed by atoms with Gasteiger partial charge in [0.1, 0.15) is 23.8 Å². The molecule has 3 N–H and O–H groups in total. The number of nitrogens with zero attached hydrogens (tertiary/aromatic N) is 4. The lowest BCUT2D eigenvalue weighted by molar-refractivity contribution is -0.137. The zero-order valence-corrected chi connectivity index (χ0v) is 25.1. The molecule has 4 heterocycles. The number of nitrogen functional groups attached to an aromatic ring is 1. The van der Waals surface area contributed by atoms with Gasteiger partial charge in [0.15, 0.2) is 11.6 Å². The third-order valence-electron chi connectivity index (χ3n) is 8.94. The maximum absolute atomic E-state index is 16.5. The van der Waals surface area contributed by atoms with E-state index in [2.05, 4.69) is 15.3 Å². The van der Waals surface area contributed by atoms with Crippen LogP contribution in [0.4, 0.5) is 42.2 Å². The summed E-state index contributed by atoms with van der Waals surface area (Å²) in [6.45, 7) is 3.62. The second kappa shape index (κ2) is 11.5. The number of aromatic nitrogens is 2. The van der Waals surface area contributed by atoms with E-state index in [9.17, 15) is 17.6 Å². The molecule has 0 saturated carbocycles. The number of halogens is 8. The first-order valence-electron chi connectivity index (χ1n) is 14.4. The summed E-state index contributed by atoms with van der Waals surface area (Å²) in [5.41, 5.74) is -0.741. The Labute approximate surface area is 259 Å². The highest BCUT2D eigenvalue weighted by Crippen LogP contribution is 2.47. The number of piperazine rings is 1. The summed E-state index contributed by atoms with van der Waals surface area (Å²) in [6.07, 6.45) is -2.55. The lowest BCUT2D eigenvalue weighted by Crippen LogP contribution is -2.51. The largest absolute Gasteiger partial charge is 0.462 e. The summed E-state index contributed by atoms with van der Waals surface area (Å²) in [5.74, 6) is -4.64. The van der Waals surface area contributed by atoms with Gasteiger partial charge in [0.2, 0.25) is 0 Å². The number of fused-ring (bicyclic) bond motifs is 3. The number of anilines is 2. The summed E-state index contributed by atoms with van der Waals surface area (Å²) in [6, 6.07) is 1.14. The standard InChI is InChI=1S/C30H30ClF7N6O/c1-29(12-43(2)6-5-14(29)9-32)13-45-28-41-26-17(27(42-28)44-10-15-3-4-16(11-44)40-15)7-19(33)21(25(26)35)22-23(30(36,37)38)18(31)8-20(39)24(22)34/h7-9,15-16,40H,3-6,10-13,39H2,1-2H3/b14-9+/t15-,16+,29-/m0/s1. The number of hydrogen-bond acceptors (Lipinski definition) is 7. The zero-order valence-electron chi connectivity index (χ0n) is 24.3. The third-order valence-corrected chi connectivity index (χ3v) is 9.24. The molecule has 2 aromatic carbocycles. The van der Waals surface area contributed by atoms with E-state index in [1.165, 1.54) is 0 Å². The summed E-state index contributed by atoms with van der Waals surface area (Å²) in [4.78, 5) is 12.5. The topological polar surface area (TPSA) is 79.5 Å². The first kappa shape index (κ1) is 31.6. The van der Waals surface area contributed by atoms with Crippen LogP contribution in [-0.4, -0.2) is 66.8 Å². The molecule has 0 amide bonds. The summed E-state index contributed by atoms with van der Waals surface area (Å²) in [7, 11) is 1.87. The molecule has 2 bridgehead atoms. The molecule has 0 unspecified atom stereocenters. The Morgan fingerprint density at radius 3 is 2.44 bits per heavy atom. The van der Waals surface area contributed by atoms with Gasteiger partial charge in [0.05, 0.1) is 28.2 Å². The van der Waals surface area contributed by atoms with E-state index < -0.39 is 62.0 Å². The Kier molecular flexibility index (Phi) is 8.05. The number of rotatable bonds is 5. The molecular weight excluding hydrogens is 629 g/mol. The van der Waals surface area contributed by atoms with E-state index in [4.69, 9.17) is 22.1 Å². The fourth-order valence-electron chi connectivity index (χ4n) is 6.76. The fraction of sp³-hybridized carbons (Fsp3) is 0.467. The van der Waals surface area contributed by atoms with Crippen LogP contribution >= 0.6 is 11.6 Å². The number of nitrogens with two attached hydrogens (primary N) is 1. The SMILES string of the molecule is CN1CC/C(=C\F)[C@](C)(COc2nc(N3C[C@H]4CC[C@@H](C3)N4)c3cc(F)c(-c4c(F)c(N)cc(Cl)c4C(F)(F)F)c(F)c3n2)C1. The van der Waals surface area contributed by atoms with Gasteiger partial charge in [0, 0.05) is 54.6 Å². The van der Waals surface area contributed by atoms with Crippen molar-refractivity contribution in [1.82, 2.24) is 20.2 Å². The molecule has 0 radical (unpaired) electrons. The van der Waals surface area contributed by atoms with Gasteiger partial charge in [-0.25, -0.2) is 17.6 Å². The first-order valence-corrected chi connectivity index (χ1v) is 14.7. The van der Waals surface area contributed by atoms with Crippen LogP contribution in [0, 0.1) is 22.9 Å². The van der Waals surface area contributed by atoms with Gasteiger partial charge < -0.3 is 25.6 Å². The molecule has 7 nitrogen and oxygen atoms in total. The van der Waals surface area contributed by atoms with Crippen LogP contribution in [0.15, 0.2) is 24.0 Å². The monoisotopic (exact) mass is 658 g/mol. The van der Waals surface area contributed by atoms with Crippen molar-refractivity contribution in [2.45, 2.75) is 44.4 Å². The van der Waals surface area contributed by atoms with Gasteiger partial charge in [-0.05, 0) is 44.0 Å². The minimum absolute atomic E-state index is 0.0823. The van der Waals surface area contributed by atoms with Crippen LogP contribution in [0.1, 0.15) is 31.7 Å². The van der Waals surface area contributed by atoms with Crippen molar-refractivity contribution in [3.8, 4) is 17.1 Å². The maximum atomic E-state index is 16.5. The van der Waals surface area contributed by atoms with Crippen molar-refractivity contribution >= 4 is 34.0 Å². The summed E-state index contributed by atoms with van der Waals surface area (Å²) in [5, 5.41) is 2.28. The van der Waals surface area contributed by atoms with Crippen LogP contribution in [0.3, 0.4) is 0 Å². The highest BCUT2D eigenvalue weighted by molar-refractivity contribution is 6.32. The average Bonchev–Trinajstić information content (AvgIpc) is 3.30. The maximum Gasteiger partial charge on any atom is 0.418 e. The van der Waals surface area contributed by atoms with Crippen LogP contribution in [0.25, 0.3) is 22.0 Å². The van der Waals surface area contributed by atoms with Gasteiger partial charge in [0.25, 0.3) is 0 Å². The van der Waals surface area contributed by atoms with Crippen molar-refractivity contribution < 1.29 is 35.5 Å². The molecule has 3 aliphatic heterocycles. The predicted molar refractivity (Wildman–Crippen MR) is 156 cm³/mol. The molecule has 0 aliphatic carbocycles. The van der Waals surface area contributed by atoms with Gasteiger partial charge >= 0.3 is 12.2 Å². The number of hydrogen-bond donors (Lipinski definition) is 2. The number of nitrogens with one attached hydrogen (secondary N) is 1. The number of likely N-dealkylation sites (tertiary alicyclic amines) is 1. The minimum Gasteiger partial charge on any atom is -0.462 e. The fourth-order valence-corrected chi connectivity index (χ4v) is 7.08. The molecular formula is C30H30ClF7N6O. The van der Waals surface area contributed by atoms with Gasteiger partial charge in [-0.3, -0.25) is 0 Å². The van der Waals surface area contributed by atoms with Crippen molar-refractivity contribution in [3.05, 3.63) is 52.1 Å². The van der Waals surface area contributed by atoms with Gasteiger partial charge in [-0.2, -0.15) is 23.1 Å². The molecule has 0 spiro atoms. The van der Waals surface area contributed by atoms with Gasteiger partial charge in [-0.15, -0.1) is 0 Å². The third kappa shape index (κ3) is 5.65. The quantitative estimate of drug-likeness (QED) is 0.240. The van der Waals surface area contributed by atoms with Crippen molar-refractivity contribution in [1.29, 1.82) is 0 Å². The summed E-state index contributed by atoms with van der Waals surface area (Å²) >= 11 is 5.81. The van der Waals surface area contributed by atoms with E-state index >= 15 is 13.2 Å². The number of ether oxygens (including phenoxy) is 1. The van der Waals surface area contributed by atoms with E-state index in [-0.39, 0.29) is 35.9 Å². The smallest absolute Gasteiger partial charge is 0.418 e. The molecule has 6 rings (SSSR count). The Balaban J connectivity index is 1.54. The summed E-state index contributed by atoms with van der Waals surface area (Å²) < 4.78 is 110. The van der Waals surface area contributed by atoms with E-state index in [1.807, 2.05) is 16.8 Å². The zero-order chi connectivity index (χ0) is 32.4. The second-order valence-electron chi connectivity index (χ2n) is 12.3. The predicted octanol–water partition coefficient (Wildman–Crippen LogP) is 6.48. The van der Waals surface area contributed by atoms with Crippen molar-refractivity contribution in [3.63, 3.8) is 0 Å². The van der Waals surface area contributed by atoms with Crippen molar-refractivity contribution in [2.24, 2.45) is 5.41 Å². The second-order valence-corrected chi connectivity index (χ2v) is 12.7. The average molecular weight is 659 g/mol. The van der Waals surface area contributed by atoms with Crippen LogP contribution in [0.5, 0.6) is 6.01 Å². The van der Waals surface area contributed by atoms with E-state index in [0.717, 1.165) is 18.9 Å².